The molecule has 0 aliphatic rings. The molecule has 0 saturated heterocycles. The lowest BCUT2D eigenvalue weighted by atomic mass is 10.0. The van der Waals surface area contributed by atoms with Crippen molar-refractivity contribution in [3.8, 4) is 0 Å². The molecule has 0 bridgehead atoms. The van der Waals surface area contributed by atoms with E-state index in [1.54, 1.807) is 18.2 Å². The molecule has 0 aliphatic heterocycles. The van der Waals surface area contributed by atoms with E-state index in [4.69, 9.17) is 0 Å². The lowest BCUT2D eigenvalue weighted by Gasteiger charge is -2.03. The summed E-state index contributed by atoms with van der Waals surface area (Å²) in [4.78, 5) is 10.6. The van der Waals surface area contributed by atoms with Crippen LogP contribution in [0.3, 0.4) is 0 Å². The first-order valence-corrected chi connectivity index (χ1v) is 5.17. The minimum atomic E-state index is -0.853. The molecule has 0 atom stereocenters. The number of rotatable bonds is 3. The number of carbonyl (C=O) groups is 1. The predicted octanol–water partition coefficient (Wildman–Crippen LogP) is 3.37. The second-order valence-corrected chi connectivity index (χ2v) is 3.79. The van der Waals surface area contributed by atoms with Gasteiger partial charge in [-0.05, 0) is 35.7 Å². The molecule has 3 heteroatoms. The van der Waals surface area contributed by atoms with Crippen LogP contribution in [-0.2, 0) is 6.42 Å². The molecule has 0 heterocycles. The summed E-state index contributed by atoms with van der Waals surface area (Å²) in [7, 11) is 0. The molecule has 0 fully saturated rings. The molecule has 0 unspecified atom stereocenters. The maximum absolute atomic E-state index is 13.0. The van der Waals surface area contributed by atoms with Crippen LogP contribution in [0, 0.1) is 11.6 Å². The first-order valence-electron chi connectivity index (χ1n) is 5.17. The molecule has 86 valence electrons. The topological polar surface area (TPSA) is 17.1 Å². The van der Waals surface area contributed by atoms with Gasteiger partial charge in [0.1, 0.15) is 6.29 Å². The van der Waals surface area contributed by atoms with Crippen LogP contribution in [0.2, 0.25) is 0 Å². The lowest BCUT2D eigenvalue weighted by molar-refractivity contribution is 0.112. The molecule has 2 aromatic rings. The third-order valence-electron chi connectivity index (χ3n) is 2.48. The van der Waals surface area contributed by atoms with E-state index in [-0.39, 0.29) is 0 Å². The zero-order valence-electron chi connectivity index (χ0n) is 8.99. The number of hydrogen-bond donors (Lipinski definition) is 0. The molecule has 2 rings (SSSR count). The van der Waals surface area contributed by atoms with Crippen LogP contribution in [-0.4, -0.2) is 6.29 Å². The van der Waals surface area contributed by atoms with Gasteiger partial charge in [-0.2, -0.15) is 0 Å². The highest BCUT2D eigenvalue weighted by Gasteiger charge is 2.03. The molecule has 0 radical (unpaired) electrons. The summed E-state index contributed by atoms with van der Waals surface area (Å²) < 4.78 is 25.7. The van der Waals surface area contributed by atoms with Gasteiger partial charge in [0.05, 0.1) is 0 Å². The van der Waals surface area contributed by atoms with Crippen molar-refractivity contribution in [3.63, 3.8) is 0 Å². The minimum absolute atomic E-state index is 0.471. The van der Waals surface area contributed by atoms with Crippen LogP contribution in [0.5, 0.6) is 0 Å². The minimum Gasteiger partial charge on any atom is -0.298 e. The molecule has 0 saturated carbocycles. The fourth-order valence-electron chi connectivity index (χ4n) is 1.66. The lowest BCUT2D eigenvalue weighted by Crippen LogP contribution is -1.92. The summed E-state index contributed by atoms with van der Waals surface area (Å²) in [5.74, 6) is -1.70. The van der Waals surface area contributed by atoms with Gasteiger partial charge in [0.15, 0.2) is 11.6 Å². The van der Waals surface area contributed by atoms with Crippen molar-refractivity contribution >= 4 is 6.29 Å². The molecule has 0 spiro atoms. The fourth-order valence-corrected chi connectivity index (χ4v) is 1.66. The molecule has 2 aromatic carbocycles. The molecule has 0 amide bonds. The van der Waals surface area contributed by atoms with E-state index in [9.17, 15) is 13.6 Å². The molecule has 0 aromatic heterocycles. The van der Waals surface area contributed by atoms with E-state index in [0.29, 0.717) is 17.5 Å². The average Bonchev–Trinajstić information content (AvgIpc) is 2.34. The molecule has 0 N–H and O–H groups in total. The van der Waals surface area contributed by atoms with E-state index >= 15 is 0 Å². The van der Waals surface area contributed by atoms with Crippen molar-refractivity contribution in [3.05, 3.63) is 70.8 Å². The Bertz CT molecular complexity index is 550. The van der Waals surface area contributed by atoms with Crippen LogP contribution in [0.1, 0.15) is 21.5 Å². The number of halogens is 2. The van der Waals surface area contributed by atoms with Gasteiger partial charge in [0.25, 0.3) is 0 Å². The molecular formula is C14H10F2O. The third-order valence-corrected chi connectivity index (χ3v) is 2.48. The van der Waals surface area contributed by atoms with Gasteiger partial charge >= 0.3 is 0 Å². The van der Waals surface area contributed by atoms with Crippen molar-refractivity contribution in [2.45, 2.75) is 6.42 Å². The molecule has 17 heavy (non-hydrogen) atoms. The standard InChI is InChI=1S/C14H10F2O/c15-13-5-4-11(8-14(13)16)6-10-2-1-3-12(7-10)9-17/h1-5,7-9H,6H2. The SMILES string of the molecule is O=Cc1cccc(Cc2ccc(F)c(F)c2)c1. The van der Waals surface area contributed by atoms with Gasteiger partial charge in [-0.25, -0.2) is 8.78 Å². The van der Waals surface area contributed by atoms with E-state index < -0.39 is 11.6 Å². The highest BCUT2D eigenvalue weighted by Crippen LogP contribution is 2.14. The predicted molar refractivity (Wildman–Crippen MR) is 61.0 cm³/mol. The Hall–Kier alpha value is -2.03. The van der Waals surface area contributed by atoms with Gasteiger partial charge in [-0.1, -0.05) is 24.3 Å². The smallest absolute Gasteiger partial charge is 0.159 e. The van der Waals surface area contributed by atoms with Gasteiger partial charge in [0, 0.05) is 5.56 Å². The number of hydrogen-bond acceptors (Lipinski definition) is 1. The first kappa shape index (κ1) is 11.5. The van der Waals surface area contributed by atoms with E-state index in [0.717, 1.165) is 17.9 Å². The fraction of sp³-hybridized carbons (Fsp3) is 0.0714. The van der Waals surface area contributed by atoms with Gasteiger partial charge < -0.3 is 0 Å². The quantitative estimate of drug-likeness (QED) is 0.741. The zero-order chi connectivity index (χ0) is 12.3. The largest absolute Gasteiger partial charge is 0.298 e. The summed E-state index contributed by atoms with van der Waals surface area (Å²) in [5, 5.41) is 0. The summed E-state index contributed by atoms with van der Waals surface area (Å²) >= 11 is 0. The highest BCUT2D eigenvalue weighted by atomic mass is 19.2. The van der Waals surface area contributed by atoms with Crippen LogP contribution in [0.15, 0.2) is 42.5 Å². The van der Waals surface area contributed by atoms with E-state index in [2.05, 4.69) is 0 Å². The average molecular weight is 232 g/mol. The van der Waals surface area contributed by atoms with Crippen LogP contribution in [0.25, 0.3) is 0 Å². The summed E-state index contributed by atoms with van der Waals surface area (Å²) in [5.41, 5.74) is 2.14. The van der Waals surface area contributed by atoms with E-state index in [1.807, 2.05) is 6.07 Å². The van der Waals surface area contributed by atoms with Crippen LogP contribution >= 0.6 is 0 Å². The maximum atomic E-state index is 13.0. The van der Waals surface area contributed by atoms with Gasteiger partial charge in [0.2, 0.25) is 0 Å². The molecule has 1 nitrogen and oxygen atoms in total. The summed E-state index contributed by atoms with van der Waals surface area (Å²) in [6.07, 6.45) is 1.23. The number of carbonyl (C=O) groups excluding carboxylic acids is 1. The number of benzene rings is 2. The zero-order valence-corrected chi connectivity index (χ0v) is 8.99. The van der Waals surface area contributed by atoms with Crippen molar-refractivity contribution in [2.75, 3.05) is 0 Å². The third kappa shape index (κ3) is 2.75. The van der Waals surface area contributed by atoms with E-state index in [1.165, 1.54) is 12.1 Å². The van der Waals surface area contributed by atoms with Crippen molar-refractivity contribution in [1.29, 1.82) is 0 Å². The molecular weight excluding hydrogens is 222 g/mol. The normalized spacial score (nSPS) is 10.2. The van der Waals surface area contributed by atoms with Gasteiger partial charge in [-0.15, -0.1) is 0 Å². The Morgan fingerprint density at radius 2 is 1.71 bits per heavy atom. The van der Waals surface area contributed by atoms with Gasteiger partial charge in [-0.3, -0.25) is 4.79 Å². The Kier molecular flexibility index (Phi) is 3.28. The second kappa shape index (κ2) is 4.87. The Labute approximate surface area is 97.7 Å². The highest BCUT2D eigenvalue weighted by molar-refractivity contribution is 5.74. The van der Waals surface area contributed by atoms with Crippen LogP contribution < -0.4 is 0 Å². The summed E-state index contributed by atoms with van der Waals surface area (Å²) in [6.45, 7) is 0. The van der Waals surface area contributed by atoms with Crippen LogP contribution in [0.4, 0.5) is 8.78 Å². The Morgan fingerprint density at radius 1 is 0.941 bits per heavy atom. The van der Waals surface area contributed by atoms with Crippen molar-refractivity contribution in [1.82, 2.24) is 0 Å². The maximum Gasteiger partial charge on any atom is 0.159 e. The second-order valence-electron chi connectivity index (χ2n) is 3.79. The first-order chi connectivity index (χ1) is 8.19. The Balaban J connectivity index is 2.24. The van der Waals surface area contributed by atoms with Crippen molar-refractivity contribution < 1.29 is 13.6 Å². The number of aldehydes is 1. The molecule has 0 aliphatic carbocycles. The Morgan fingerprint density at radius 3 is 2.41 bits per heavy atom. The van der Waals surface area contributed by atoms with Crippen molar-refractivity contribution in [2.24, 2.45) is 0 Å². The monoisotopic (exact) mass is 232 g/mol. The summed E-state index contributed by atoms with van der Waals surface area (Å²) in [6, 6.07) is 10.8.